The molecule has 0 unspecified atom stereocenters. The van der Waals surface area contributed by atoms with E-state index < -0.39 is 10.3 Å². The molecule has 0 aliphatic rings. The standard InChI is InChI=1S/C10H17NOS/c1-12-13(2,3)9-7-10-6-4-5-8-11-10/h4-6,8H,7,9H2,1-3H3. The predicted octanol–water partition coefficient (Wildman–Crippen LogP) is 2.25. The lowest BCUT2D eigenvalue weighted by Crippen LogP contribution is -2.06. The third-order valence-corrected chi connectivity index (χ3v) is 4.12. The molecule has 1 heterocycles. The van der Waals surface area contributed by atoms with E-state index in [1.165, 1.54) is 0 Å². The zero-order valence-corrected chi connectivity index (χ0v) is 9.30. The highest BCUT2D eigenvalue weighted by Crippen LogP contribution is 2.39. The summed E-state index contributed by atoms with van der Waals surface area (Å²) in [5, 5.41) is 0. The first kappa shape index (κ1) is 10.5. The van der Waals surface area contributed by atoms with Gasteiger partial charge in [0.1, 0.15) is 0 Å². The van der Waals surface area contributed by atoms with E-state index >= 15 is 0 Å². The van der Waals surface area contributed by atoms with Crippen molar-refractivity contribution in [2.24, 2.45) is 0 Å². The molecule has 13 heavy (non-hydrogen) atoms. The molecule has 0 N–H and O–H groups in total. The van der Waals surface area contributed by atoms with Gasteiger partial charge in [-0.25, -0.2) is 0 Å². The van der Waals surface area contributed by atoms with Crippen LogP contribution < -0.4 is 0 Å². The number of aromatic nitrogens is 1. The third kappa shape index (κ3) is 3.79. The molecule has 1 aromatic rings. The van der Waals surface area contributed by atoms with Crippen molar-refractivity contribution in [1.29, 1.82) is 0 Å². The molecular formula is C10H17NOS. The molecule has 2 nitrogen and oxygen atoms in total. The quantitative estimate of drug-likeness (QED) is 0.742. The fourth-order valence-corrected chi connectivity index (χ4v) is 1.85. The number of nitrogens with zero attached hydrogens (tertiary/aromatic N) is 1. The van der Waals surface area contributed by atoms with Gasteiger partial charge in [-0.05, 0) is 31.1 Å². The third-order valence-electron chi connectivity index (χ3n) is 2.03. The minimum absolute atomic E-state index is 0.858. The molecule has 0 aromatic carbocycles. The van der Waals surface area contributed by atoms with E-state index in [2.05, 4.69) is 23.6 Å². The van der Waals surface area contributed by atoms with Gasteiger partial charge in [-0.1, -0.05) is 6.07 Å². The first-order valence-electron chi connectivity index (χ1n) is 4.30. The van der Waals surface area contributed by atoms with Crippen molar-refractivity contribution >= 4 is 10.3 Å². The van der Waals surface area contributed by atoms with Crippen LogP contribution in [0.1, 0.15) is 5.69 Å². The van der Waals surface area contributed by atoms with Gasteiger partial charge in [0.2, 0.25) is 0 Å². The molecule has 0 atom stereocenters. The Balaban J connectivity index is 2.44. The summed E-state index contributed by atoms with van der Waals surface area (Å²) in [6.07, 6.45) is 7.20. The lowest BCUT2D eigenvalue weighted by molar-refractivity contribution is 0.470. The number of aryl methyl sites for hydroxylation is 1. The van der Waals surface area contributed by atoms with Gasteiger partial charge in [0.15, 0.2) is 0 Å². The van der Waals surface area contributed by atoms with Crippen molar-refractivity contribution < 1.29 is 4.18 Å². The highest BCUT2D eigenvalue weighted by molar-refractivity contribution is 8.28. The largest absolute Gasteiger partial charge is 0.340 e. The fraction of sp³-hybridized carbons (Fsp3) is 0.500. The monoisotopic (exact) mass is 199 g/mol. The van der Waals surface area contributed by atoms with Crippen LogP contribution in [0.25, 0.3) is 0 Å². The minimum atomic E-state index is -0.858. The molecule has 1 rings (SSSR count). The van der Waals surface area contributed by atoms with Crippen LogP contribution in [0.2, 0.25) is 0 Å². The van der Waals surface area contributed by atoms with Crippen molar-refractivity contribution in [2.45, 2.75) is 6.42 Å². The molecule has 0 bridgehead atoms. The Labute approximate surface area is 81.9 Å². The Morgan fingerprint density at radius 1 is 1.38 bits per heavy atom. The number of pyridine rings is 1. The second kappa shape index (κ2) is 4.63. The Morgan fingerprint density at radius 2 is 2.15 bits per heavy atom. The molecule has 0 saturated heterocycles. The van der Waals surface area contributed by atoms with Crippen LogP contribution >= 0.6 is 10.3 Å². The zero-order chi connectivity index (χ0) is 9.73. The van der Waals surface area contributed by atoms with Gasteiger partial charge in [0, 0.05) is 24.8 Å². The maximum atomic E-state index is 5.41. The molecule has 0 aliphatic heterocycles. The van der Waals surface area contributed by atoms with Gasteiger partial charge < -0.3 is 4.18 Å². The highest BCUT2D eigenvalue weighted by atomic mass is 32.3. The first-order valence-corrected chi connectivity index (χ1v) is 6.85. The predicted molar refractivity (Wildman–Crippen MR) is 59.3 cm³/mol. The topological polar surface area (TPSA) is 22.1 Å². The van der Waals surface area contributed by atoms with Crippen molar-refractivity contribution in [1.82, 2.24) is 4.98 Å². The van der Waals surface area contributed by atoms with E-state index in [0.717, 1.165) is 17.9 Å². The lowest BCUT2D eigenvalue weighted by Gasteiger charge is -2.28. The Morgan fingerprint density at radius 3 is 2.69 bits per heavy atom. The van der Waals surface area contributed by atoms with Crippen LogP contribution in [0.4, 0.5) is 0 Å². The van der Waals surface area contributed by atoms with Gasteiger partial charge in [-0.2, -0.15) is 0 Å². The van der Waals surface area contributed by atoms with E-state index in [1.54, 1.807) is 7.11 Å². The molecule has 0 spiro atoms. The van der Waals surface area contributed by atoms with Crippen LogP contribution in [0.15, 0.2) is 24.4 Å². The van der Waals surface area contributed by atoms with Crippen LogP contribution in [0, 0.1) is 0 Å². The summed E-state index contributed by atoms with van der Waals surface area (Å²) in [5.74, 6) is 1.08. The summed E-state index contributed by atoms with van der Waals surface area (Å²) in [6, 6.07) is 6.03. The molecule has 0 aliphatic carbocycles. The van der Waals surface area contributed by atoms with Crippen molar-refractivity contribution in [3.63, 3.8) is 0 Å². The number of rotatable bonds is 4. The molecule has 0 amide bonds. The summed E-state index contributed by atoms with van der Waals surface area (Å²) >= 11 is 0. The molecule has 3 heteroatoms. The van der Waals surface area contributed by atoms with Gasteiger partial charge in [0.05, 0.1) is 0 Å². The van der Waals surface area contributed by atoms with E-state index in [4.69, 9.17) is 4.18 Å². The highest BCUT2D eigenvalue weighted by Gasteiger charge is 2.09. The summed E-state index contributed by atoms with van der Waals surface area (Å²) in [5.41, 5.74) is 1.15. The van der Waals surface area contributed by atoms with Crippen LogP contribution in [0.5, 0.6) is 0 Å². The van der Waals surface area contributed by atoms with Crippen LogP contribution in [-0.2, 0) is 10.6 Å². The van der Waals surface area contributed by atoms with Gasteiger partial charge >= 0.3 is 0 Å². The second-order valence-electron chi connectivity index (χ2n) is 3.38. The van der Waals surface area contributed by atoms with E-state index in [1.807, 2.05) is 18.3 Å². The first-order chi connectivity index (χ1) is 6.14. The van der Waals surface area contributed by atoms with Crippen molar-refractivity contribution in [2.75, 3.05) is 25.4 Å². The maximum absolute atomic E-state index is 5.41. The molecular weight excluding hydrogens is 182 g/mol. The van der Waals surface area contributed by atoms with Crippen LogP contribution in [0.3, 0.4) is 0 Å². The summed E-state index contributed by atoms with van der Waals surface area (Å²) in [6.45, 7) is 0. The average molecular weight is 199 g/mol. The Kier molecular flexibility index (Phi) is 3.75. The van der Waals surface area contributed by atoms with Crippen LogP contribution in [-0.4, -0.2) is 30.4 Å². The molecule has 74 valence electrons. The smallest absolute Gasteiger partial charge is 0.0481 e. The zero-order valence-electron chi connectivity index (χ0n) is 8.49. The molecule has 0 fully saturated rings. The van der Waals surface area contributed by atoms with E-state index in [0.29, 0.717) is 0 Å². The van der Waals surface area contributed by atoms with Gasteiger partial charge in [-0.15, -0.1) is 10.3 Å². The summed E-state index contributed by atoms with van der Waals surface area (Å²) in [4.78, 5) is 4.27. The molecule has 1 aromatic heterocycles. The van der Waals surface area contributed by atoms with Gasteiger partial charge in [0.25, 0.3) is 0 Å². The minimum Gasteiger partial charge on any atom is -0.340 e. The Hall–Kier alpha value is -0.540. The SMILES string of the molecule is COS(C)(C)CCc1ccccn1. The van der Waals surface area contributed by atoms with Crippen molar-refractivity contribution in [3.05, 3.63) is 30.1 Å². The average Bonchev–Trinajstić information content (AvgIpc) is 2.17. The van der Waals surface area contributed by atoms with E-state index in [9.17, 15) is 0 Å². The number of hydrogen-bond donors (Lipinski definition) is 0. The summed E-state index contributed by atoms with van der Waals surface area (Å²) < 4.78 is 5.41. The molecule has 0 saturated carbocycles. The number of hydrogen-bond acceptors (Lipinski definition) is 2. The maximum Gasteiger partial charge on any atom is 0.0481 e. The Bertz CT molecular complexity index is 248. The normalized spacial score (nSPS) is 12.8. The lowest BCUT2D eigenvalue weighted by atomic mass is 10.3. The molecule has 0 radical (unpaired) electrons. The van der Waals surface area contributed by atoms with E-state index in [-0.39, 0.29) is 0 Å². The second-order valence-corrected chi connectivity index (χ2v) is 6.99. The van der Waals surface area contributed by atoms with Crippen molar-refractivity contribution in [3.8, 4) is 0 Å². The fourth-order valence-electron chi connectivity index (χ4n) is 0.980. The summed E-state index contributed by atoms with van der Waals surface area (Å²) in [7, 11) is 0.928. The van der Waals surface area contributed by atoms with Gasteiger partial charge in [-0.3, -0.25) is 4.98 Å².